The van der Waals surface area contributed by atoms with Crippen LogP contribution in [0.15, 0.2) is 0 Å². The minimum Gasteiger partial charge on any atom is -0.0683 e. The van der Waals surface area contributed by atoms with Gasteiger partial charge in [0.25, 0.3) is 0 Å². The molecule has 0 aliphatic heterocycles. The van der Waals surface area contributed by atoms with E-state index in [0.29, 0.717) is 5.41 Å². The van der Waals surface area contributed by atoms with Crippen molar-refractivity contribution in [3.05, 3.63) is 0 Å². The maximum Gasteiger partial charge on any atom is -0.0355 e. The normalized spacial score (nSPS) is 32.7. The molecule has 3 aliphatic carbocycles. The summed E-state index contributed by atoms with van der Waals surface area (Å²) in [6.07, 6.45) is 14.1. The summed E-state index contributed by atoms with van der Waals surface area (Å²) in [5.74, 6) is 4.70. The minimum absolute atomic E-state index is 0.500. The summed E-state index contributed by atoms with van der Waals surface area (Å²) >= 11 is 0. The van der Waals surface area contributed by atoms with Crippen molar-refractivity contribution >= 4 is 0 Å². The topological polar surface area (TPSA) is 0 Å². The van der Waals surface area contributed by atoms with Crippen LogP contribution in [0.5, 0.6) is 0 Å². The lowest BCUT2D eigenvalue weighted by atomic mass is 9.73. The van der Waals surface area contributed by atoms with Crippen molar-refractivity contribution in [2.75, 3.05) is 0 Å². The average molecular weight is 311 g/mol. The molecule has 3 aliphatic rings. The monoisotopic (exact) mass is 310 g/mol. The van der Waals surface area contributed by atoms with E-state index in [2.05, 4.69) is 27.7 Å². The zero-order chi connectivity index (χ0) is 17.2. The van der Waals surface area contributed by atoms with Gasteiger partial charge in [-0.2, -0.15) is 0 Å². The van der Waals surface area contributed by atoms with Crippen LogP contribution < -0.4 is 0 Å². The fourth-order valence-electron chi connectivity index (χ4n) is 4.57. The Morgan fingerprint density at radius 1 is 0.545 bits per heavy atom. The van der Waals surface area contributed by atoms with Crippen LogP contribution in [-0.2, 0) is 0 Å². The van der Waals surface area contributed by atoms with Crippen molar-refractivity contribution in [3.8, 4) is 0 Å². The molecule has 3 rings (SSSR count). The molecular formula is C22H46. The Labute approximate surface area is 142 Å². The maximum absolute atomic E-state index is 2.19. The summed E-state index contributed by atoms with van der Waals surface area (Å²) in [4.78, 5) is 0. The van der Waals surface area contributed by atoms with Gasteiger partial charge < -0.3 is 0 Å². The van der Waals surface area contributed by atoms with E-state index in [9.17, 15) is 0 Å². The molecule has 0 aromatic heterocycles. The summed E-state index contributed by atoms with van der Waals surface area (Å²) in [6, 6.07) is 0. The molecule has 0 amide bonds. The molecule has 0 spiro atoms. The van der Waals surface area contributed by atoms with Crippen LogP contribution in [0.3, 0.4) is 0 Å². The number of hydrogen-bond donors (Lipinski definition) is 0. The van der Waals surface area contributed by atoms with E-state index in [4.69, 9.17) is 0 Å². The lowest BCUT2D eigenvalue weighted by Gasteiger charge is -2.32. The molecule has 0 aromatic carbocycles. The third-order valence-electron chi connectivity index (χ3n) is 5.09. The number of fused-ring (bicyclic) bond motifs is 3. The van der Waals surface area contributed by atoms with Crippen LogP contribution in [0.25, 0.3) is 0 Å². The summed E-state index contributed by atoms with van der Waals surface area (Å²) < 4.78 is 0. The van der Waals surface area contributed by atoms with E-state index in [1.807, 2.05) is 27.7 Å². The summed E-state index contributed by atoms with van der Waals surface area (Å²) in [5.41, 5.74) is 0.500. The molecule has 0 bridgehead atoms. The first-order valence-electron chi connectivity index (χ1n) is 10.4. The Hall–Kier alpha value is 0. The van der Waals surface area contributed by atoms with Gasteiger partial charge in [-0.3, -0.25) is 0 Å². The zero-order valence-corrected chi connectivity index (χ0v) is 17.2. The van der Waals surface area contributed by atoms with Crippen molar-refractivity contribution in [1.82, 2.24) is 0 Å². The predicted octanol–water partition coefficient (Wildman–Crippen LogP) is 8.11. The van der Waals surface area contributed by atoms with Gasteiger partial charge in [0.05, 0.1) is 0 Å². The highest BCUT2D eigenvalue weighted by Gasteiger charge is 2.43. The highest BCUT2D eigenvalue weighted by Crippen LogP contribution is 2.53. The molecule has 0 radical (unpaired) electrons. The van der Waals surface area contributed by atoms with Gasteiger partial charge in [-0.15, -0.1) is 0 Å². The Bertz CT molecular complexity index is 221. The molecule has 3 fully saturated rings. The van der Waals surface area contributed by atoms with Crippen LogP contribution in [0.1, 0.15) is 113 Å². The van der Waals surface area contributed by atoms with E-state index in [-0.39, 0.29) is 0 Å². The second-order valence-electron chi connectivity index (χ2n) is 8.65. The second kappa shape index (κ2) is 11.5. The number of rotatable bonds is 0. The minimum atomic E-state index is 0.500. The summed E-state index contributed by atoms with van der Waals surface area (Å²) in [7, 11) is 0. The largest absolute Gasteiger partial charge is 0.0683 e. The first-order valence-corrected chi connectivity index (χ1v) is 10.4. The molecule has 4 atom stereocenters. The van der Waals surface area contributed by atoms with Crippen LogP contribution in [-0.4, -0.2) is 0 Å². The molecule has 22 heavy (non-hydrogen) atoms. The molecule has 0 N–H and O–H groups in total. The van der Waals surface area contributed by atoms with Gasteiger partial charge in [-0.1, -0.05) is 93.9 Å². The zero-order valence-electron chi connectivity index (χ0n) is 17.2. The molecule has 0 heteroatoms. The fraction of sp³-hybridized carbons (Fsp3) is 1.00. The SMILES string of the molecule is C1CCC2C(C1)CC1CCCCC12.CC.CC.CC(C)(C)C. The van der Waals surface area contributed by atoms with Gasteiger partial charge in [0.2, 0.25) is 0 Å². The number of hydrogen-bond acceptors (Lipinski definition) is 0. The van der Waals surface area contributed by atoms with E-state index < -0.39 is 0 Å². The van der Waals surface area contributed by atoms with E-state index in [0.717, 1.165) is 0 Å². The predicted molar refractivity (Wildman–Crippen MR) is 103 cm³/mol. The maximum atomic E-state index is 2.19. The molecule has 0 heterocycles. The van der Waals surface area contributed by atoms with Gasteiger partial charge in [0.1, 0.15) is 0 Å². The van der Waals surface area contributed by atoms with Gasteiger partial charge in [-0.05, 0) is 48.3 Å². The van der Waals surface area contributed by atoms with Gasteiger partial charge in [0.15, 0.2) is 0 Å². The Morgan fingerprint density at radius 3 is 1.14 bits per heavy atom. The lowest BCUT2D eigenvalue weighted by Crippen LogP contribution is -2.22. The first kappa shape index (κ1) is 22.0. The van der Waals surface area contributed by atoms with Crippen molar-refractivity contribution in [2.45, 2.75) is 113 Å². The van der Waals surface area contributed by atoms with Gasteiger partial charge in [0, 0.05) is 0 Å². The lowest BCUT2D eigenvalue weighted by molar-refractivity contribution is 0.184. The van der Waals surface area contributed by atoms with Gasteiger partial charge >= 0.3 is 0 Å². The first-order chi connectivity index (χ1) is 10.4. The van der Waals surface area contributed by atoms with Crippen molar-refractivity contribution in [1.29, 1.82) is 0 Å². The highest BCUT2D eigenvalue weighted by molar-refractivity contribution is 4.94. The van der Waals surface area contributed by atoms with E-state index in [1.165, 1.54) is 23.7 Å². The summed E-state index contributed by atoms with van der Waals surface area (Å²) in [6.45, 7) is 16.8. The Morgan fingerprint density at radius 2 is 0.818 bits per heavy atom. The third kappa shape index (κ3) is 8.02. The van der Waals surface area contributed by atoms with Crippen LogP contribution in [0.4, 0.5) is 0 Å². The Kier molecular flexibility index (Phi) is 11.5. The fourth-order valence-corrected chi connectivity index (χ4v) is 4.57. The molecule has 0 saturated heterocycles. The van der Waals surface area contributed by atoms with Crippen molar-refractivity contribution < 1.29 is 0 Å². The van der Waals surface area contributed by atoms with Gasteiger partial charge in [-0.25, -0.2) is 0 Å². The molecular weight excluding hydrogens is 264 g/mol. The van der Waals surface area contributed by atoms with Crippen LogP contribution in [0, 0.1) is 29.1 Å². The highest BCUT2D eigenvalue weighted by atomic mass is 14.5. The average Bonchev–Trinajstić information content (AvgIpc) is 2.88. The molecule has 134 valence electrons. The second-order valence-corrected chi connectivity index (χ2v) is 8.65. The molecule has 0 aromatic rings. The van der Waals surface area contributed by atoms with Crippen LogP contribution in [0.2, 0.25) is 0 Å². The molecule has 3 saturated carbocycles. The standard InChI is InChI=1S/C13H22.C5H12.2C2H6/c1-3-7-12-10(5-1)9-11-6-2-4-8-13(11)12;1-5(2,3)4;2*1-2/h10-13H,1-9H2;1-4H3;2*1-2H3. The summed E-state index contributed by atoms with van der Waals surface area (Å²) in [5, 5.41) is 0. The van der Waals surface area contributed by atoms with E-state index >= 15 is 0 Å². The molecule has 4 unspecified atom stereocenters. The van der Waals surface area contributed by atoms with Crippen molar-refractivity contribution in [3.63, 3.8) is 0 Å². The molecule has 0 nitrogen and oxygen atoms in total. The van der Waals surface area contributed by atoms with Crippen molar-refractivity contribution in [2.24, 2.45) is 29.1 Å². The van der Waals surface area contributed by atoms with Crippen LogP contribution >= 0.6 is 0 Å². The quantitative estimate of drug-likeness (QED) is 0.424. The third-order valence-corrected chi connectivity index (χ3v) is 5.09. The smallest absolute Gasteiger partial charge is 0.0355 e. The Balaban J connectivity index is 0.000000420. The van der Waals surface area contributed by atoms with E-state index in [1.54, 1.807) is 57.8 Å².